The third-order valence-corrected chi connectivity index (χ3v) is 5.88. The summed E-state index contributed by atoms with van der Waals surface area (Å²) >= 11 is 0. The number of benzene rings is 3. The predicted molar refractivity (Wildman–Crippen MR) is 124 cm³/mol. The van der Waals surface area contributed by atoms with Gasteiger partial charge in [-0.05, 0) is 57.5 Å². The van der Waals surface area contributed by atoms with Crippen LogP contribution in [-0.2, 0) is 12.3 Å². The van der Waals surface area contributed by atoms with Crippen molar-refractivity contribution >= 4 is 21.9 Å². The molecule has 2 heteroatoms. The number of allylic oxidation sites excluding steroid dienone is 6. The Morgan fingerprint density at radius 1 is 0.833 bits per heavy atom. The smallest absolute Gasteiger partial charge is 0.196 e. The Kier molecular flexibility index (Phi) is 5.42. The molecule has 0 aromatic heterocycles. The van der Waals surface area contributed by atoms with Crippen molar-refractivity contribution in [1.29, 1.82) is 0 Å². The molecule has 152 valence electrons. The molecule has 0 heterocycles. The van der Waals surface area contributed by atoms with Crippen LogP contribution in [0.3, 0.4) is 0 Å². The largest absolute Gasteiger partial charge is 0.299 e. The van der Waals surface area contributed by atoms with Gasteiger partial charge in [0.2, 0.25) is 0 Å². The number of fused-ring (bicyclic) bond motifs is 3. The van der Waals surface area contributed by atoms with Gasteiger partial charge in [-0.15, -0.1) is 0 Å². The highest BCUT2D eigenvalue weighted by molar-refractivity contribution is 5.99. The van der Waals surface area contributed by atoms with E-state index in [1.54, 1.807) is 18.2 Å². The zero-order chi connectivity index (χ0) is 21.3. The highest BCUT2D eigenvalue weighted by Gasteiger charge is 2.45. The predicted octanol–water partition coefficient (Wildman–Crippen LogP) is 8.33. The van der Waals surface area contributed by atoms with Crippen molar-refractivity contribution in [3.8, 4) is 0 Å². The van der Waals surface area contributed by atoms with Crippen LogP contribution in [0, 0.1) is 0 Å². The molecule has 0 saturated carbocycles. The average Bonchev–Trinajstić information content (AvgIpc) is 2.94. The second-order valence-corrected chi connectivity index (χ2v) is 7.39. The number of alkyl halides is 2. The first-order chi connectivity index (χ1) is 14.6. The van der Waals surface area contributed by atoms with Crippen molar-refractivity contribution in [1.82, 2.24) is 0 Å². The molecule has 0 aliphatic heterocycles. The lowest BCUT2D eigenvalue weighted by atomic mass is 9.92. The Labute approximate surface area is 177 Å². The standard InChI is InChI=1S/C26H20F2.C2H6/c1-2-17-14-15-20(21-10-4-3-9-19(17)21)18-8-7-12-23-22-11-5-6-13-24(22)26(27,28)25(23)16-18;1-2/h3-11,13-16H,2,12H2,1H3;1-2H3. The molecule has 0 amide bonds. The maximum atomic E-state index is 15.2. The molecule has 0 atom stereocenters. The molecule has 0 N–H and O–H groups in total. The van der Waals surface area contributed by atoms with Crippen molar-refractivity contribution in [2.75, 3.05) is 0 Å². The summed E-state index contributed by atoms with van der Waals surface area (Å²) in [5.41, 5.74) is 4.79. The van der Waals surface area contributed by atoms with Crippen LogP contribution in [-0.4, -0.2) is 0 Å². The molecule has 2 aliphatic carbocycles. The van der Waals surface area contributed by atoms with Crippen LogP contribution >= 0.6 is 0 Å². The van der Waals surface area contributed by atoms with Gasteiger partial charge in [-0.2, -0.15) is 8.78 Å². The summed E-state index contributed by atoms with van der Waals surface area (Å²) in [7, 11) is 0. The fraction of sp³-hybridized carbons (Fsp3) is 0.214. The van der Waals surface area contributed by atoms with Crippen molar-refractivity contribution in [3.05, 3.63) is 107 Å². The first-order valence-corrected chi connectivity index (χ1v) is 10.7. The molecule has 5 rings (SSSR count). The number of hydrogen-bond acceptors (Lipinski definition) is 0. The summed E-state index contributed by atoms with van der Waals surface area (Å²) in [6.07, 6.45) is 7.16. The van der Waals surface area contributed by atoms with Crippen LogP contribution in [0.5, 0.6) is 0 Å². The first kappa shape index (κ1) is 20.3. The highest BCUT2D eigenvalue weighted by Crippen LogP contribution is 2.52. The van der Waals surface area contributed by atoms with Gasteiger partial charge < -0.3 is 0 Å². The van der Waals surface area contributed by atoms with E-state index in [1.807, 2.05) is 50.3 Å². The minimum absolute atomic E-state index is 0.122. The van der Waals surface area contributed by atoms with Crippen LogP contribution in [0.4, 0.5) is 8.78 Å². The van der Waals surface area contributed by atoms with Crippen molar-refractivity contribution in [3.63, 3.8) is 0 Å². The van der Waals surface area contributed by atoms with Gasteiger partial charge in [0.15, 0.2) is 0 Å². The lowest BCUT2D eigenvalue weighted by Gasteiger charge is -2.16. The van der Waals surface area contributed by atoms with E-state index in [0.29, 0.717) is 12.0 Å². The molecule has 2 aliphatic rings. The van der Waals surface area contributed by atoms with Gasteiger partial charge in [0.1, 0.15) is 0 Å². The number of rotatable bonds is 2. The second kappa shape index (κ2) is 8.02. The van der Waals surface area contributed by atoms with E-state index in [1.165, 1.54) is 10.9 Å². The minimum Gasteiger partial charge on any atom is -0.196 e. The lowest BCUT2D eigenvalue weighted by Crippen LogP contribution is -2.12. The Balaban J connectivity index is 0.00000106. The van der Waals surface area contributed by atoms with E-state index >= 15 is 8.78 Å². The van der Waals surface area contributed by atoms with Gasteiger partial charge in [-0.1, -0.05) is 93.6 Å². The second-order valence-electron chi connectivity index (χ2n) is 7.39. The maximum Gasteiger partial charge on any atom is 0.299 e. The van der Waals surface area contributed by atoms with Crippen LogP contribution in [0.1, 0.15) is 49.4 Å². The van der Waals surface area contributed by atoms with E-state index in [-0.39, 0.29) is 11.1 Å². The molecule has 0 fully saturated rings. The molecular formula is C28H26F2. The molecule has 3 aromatic carbocycles. The third kappa shape index (κ3) is 3.11. The normalized spacial score (nSPS) is 16.4. The van der Waals surface area contributed by atoms with Gasteiger partial charge in [-0.25, -0.2) is 0 Å². The van der Waals surface area contributed by atoms with Crippen molar-refractivity contribution in [2.24, 2.45) is 0 Å². The maximum absolute atomic E-state index is 15.2. The SMILES string of the molecule is CC.CCc1ccc(C2=CC3=C(CC=C2)c2ccccc2C3(F)F)c2ccccc12. The number of halogens is 2. The monoisotopic (exact) mass is 400 g/mol. The summed E-state index contributed by atoms with van der Waals surface area (Å²) in [5, 5.41) is 2.30. The van der Waals surface area contributed by atoms with E-state index < -0.39 is 5.92 Å². The Morgan fingerprint density at radius 2 is 1.53 bits per heavy atom. The van der Waals surface area contributed by atoms with Gasteiger partial charge in [0, 0.05) is 11.1 Å². The topological polar surface area (TPSA) is 0 Å². The summed E-state index contributed by atoms with van der Waals surface area (Å²) in [5.74, 6) is -2.96. The van der Waals surface area contributed by atoms with Crippen molar-refractivity contribution in [2.45, 2.75) is 39.5 Å². The molecule has 0 unspecified atom stereocenters. The summed E-state index contributed by atoms with van der Waals surface area (Å²) in [6, 6.07) is 19.3. The molecular weight excluding hydrogens is 374 g/mol. The minimum atomic E-state index is -2.96. The van der Waals surface area contributed by atoms with Crippen LogP contribution in [0.25, 0.3) is 21.9 Å². The van der Waals surface area contributed by atoms with Crippen molar-refractivity contribution < 1.29 is 8.78 Å². The van der Waals surface area contributed by atoms with E-state index in [4.69, 9.17) is 0 Å². The van der Waals surface area contributed by atoms with Crippen LogP contribution in [0.2, 0.25) is 0 Å². The highest BCUT2D eigenvalue weighted by atomic mass is 19.3. The summed E-state index contributed by atoms with van der Waals surface area (Å²) < 4.78 is 30.5. The number of aryl methyl sites for hydroxylation is 1. The fourth-order valence-electron chi connectivity index (χ4n) is 4.49. The fourth-order valence-corrected chi connectivity index (χ4v) is 4.49. The zero-order valence-electron chi connectivity index (χ0n) is 17.7. The third-order valence-electron chi connectivity index (χ3n) is 5.88. The average molecular weight is 401 g/mol. The van der Waals surface area contributed by atoms with Gasteiger partial charge in [0.25, 0.3) is 5.92 Å². The molecule has 0 spiro atoms. The Morgan fingerprint density at radius 3 is 2.30 bits per heavy atom. The molecule has 30 heavy (non-hydrogen) atoms. The van der Waals surface area contributed by atoms with Gasteiger partial charge >= 0.3 is 0 Å². The Hall–Kier alpha value is -3.00. The van der Waals surface area contributed by atoms with Crippen LogP contribution in [0.15, 0.2) is 84.5 Å². The molecule has 0 bridgehead atoms. The Bertz CT molecular complexity index is 1190. The van der Waals surface area contributed by atoms with Crippen LogP contribution < -0.4 is 0 Å². The summed E-state index contributed by atoms with van der Waals surface area (Å²) in [4.78, 5) is 0. The quantitative estimate of drug-likeness (QED) is 0.405. The number of hydrogen-bond donors (Lipinski definition) is 0. The molecule has 3 aromatic rings. The summed E-state index contributed by atoms with van der Waals surface area (Å²) in [6.45, 7) is 6.14. The van der Waals surface area contributed by atoms with E-state index in [9.17, 15) is 0 Å². The first-order valence-electron chi connectivity index (χ1n) is 10.7. The molecule has 0 nitrogen and oxygen atoms in total. The van der Waals surface area contributed by atoms with Gasteiger partial charge in [0.05, 0.1) is 0 Å². The zero-order valence-corrected chi connectivity index (χ0v) is 17.7. The van der Waals surface area contributed by atoms with Gasteiger partial charge in [-0.3, -0.25) is 0 Å². The lowest BCUT2D eigenvalue weighted by molar-refractivity contribution is 0.0460. The molecule has 0 radical (unpaired) electrons. The van der Waals surface area contributed by atoms with E-state index in [0.717, 1.165) is 28.5 Å². The van der Waals surface area contributed by atoms with E-state index in [2.05, 4.69) is 31.2 Å². The molecule has 0 saturated heterocycles.